The maximum Gasteiger partial charge on any atom is 0.228 e. The number of carbonyl (C=O) groups is 1. The molecule has 23 heavy (non-hydrogen) atoms. The lowest BCUT2D eigenvalue weighted by atomic mass is 10.2. The first kappa shape index (κ1) is 15.5. The van der Waals surface area contributed by atoms with Gasteiger partial charge in [-0.05, 0) is 31.0 Å². The van der Waals surface area contributed by atoms with Gasteiger partial charge in [0.15, 0.2) is 0 Å². The lowest BCUT2D eigenvalue weighted by Gasteiger charge is -2.25. The van der Waals surface area contributed by atoms with Crippen molar-refractivity contribution in [3.05, 3.63) is 54.1 Å². The van der Waals surface area contributed by atoms with Gasteiger partial charge in [0, 0.05) is 44.4 Å². The highest BCUT2D eigenvalue weighted by Gasteiger charge is 2.28. The van der Waals surface area contributed by atoms with Crippen LogP contribution in [-0.4, -0.2) is 47.0 Å². The van der Waals surface area contributed by atoms with E-state index in [9.17, 15) is 4.79 Å². The summed E-state index contributed by atoms with van der Waals surface area (Å²) in [7, 11) is 1.89. The summed E-state index contributed by atoms with van der Waals surface area (Å²) in [6.45, 7) is 3.97. The molecule has 1 aromatic carbocycles. The van der Waals surface area contributed by atoms with Gasteiger partial charge >= 0.3 is 0 Å². The molecule has 0 bridgehead atoms. The minimum atomic E-state index is 0.0987. The lowest BCUT2D eigenvalue weighted by Crippen LogP contribution is -2.40. The highest BCUT2D eigenvalue weighted by atomic mass is 16.2. The first-order valence-corrected chi connectivity index (χ1v) is 7.95. The molecule has 5 nitrogen and oxygen atoms in total. The minimum absolute atomic E-state index is 0.0987. The van der Waals surface area contributed by atoms with Crippen molar-refractivity contribution in [3.63, 3.8) is 0 Å². The summed E-state index contributed by atoms with van der Waals surface area (Å²) in [5, 5.41) is 0. The maximum atomic E-state index is 12.4. The zero-order valence-corrected chi connectivity index (χ0v) is 13.6. The highest BCUT2D eigenvalue weighted by Crippen LogP contribution is 2.23. The van der Waals surface area contributed by atoms with Gasteiger partial charge < -0.3 is 9.80 Å². The number of aromatic nitrogens is 2. The molecular weight excluding hydrogens is 288 g/mol. The van der Waals surface area contributed by atoms with E-state index in [1.807, 2.05) is 11.9 Å². The molecule has 0 N–H and O–H groups in total. The predicted molar refractivity (Wildman–Crippen MR) is 90.3 cm³/mol. The van der Waals surface area contributed by atoms with E-state index in [0.29, 0.717) is 6.42 Å². The van der Waals surface area contributed by atoms with E-state index in [-0.39, 0.29) is 11.9 Å². The van der Waals surface area contributed by atoms with Crippen molar-refractivity contribution in [1.82, 2.24) is 14.9 Å². The Morgan fingerprint density at radius 1 is 1.39 bits per heavy atom. The zero-order chi connectivity index (χ0) is 16.2. The predicted octanol–water partition coefficient (Wildman–Crippen LogP) is 2.06. The number of hydrogen-bond donors (Lipinski definition) is 0. The molecule has 0 radical (unpaired) electrons. The van der Waals surface area contributed by atoms with Crippen molar-refractivity contribution in [2.45, 2.75) is 25.8 Å². The second-order valence-electron chi connectivity index (χ2n) is 6.11. The van der Waals surface area contributed by atoms with Crippen LogP contribution in [0.3, 0.4) is 0 Å². The van der Waals surface area contributed by atoms with Crippen LogP contribution < -0.4 is 4.90 Å². The van der Waals surface area contributed by atoms with Crippen molar-refractivity contribution in [1.29, 1.82) is 0 Å². The van der Waals surface area contributed by atoms with Gasteiger partial charge in [0.05, 0.1) is 18.2 Å². The molecule has 1 aliphatic rings. The summed E-state index contributed by atoms with van der Waals surface area (Å²) in [5.41, 5.74) is 3.22. The van der Waals surface area contributed by atoms with E-state index in [2.05, 4.69) is 46.1 Å². The first-order valence-electron chi connectivity index (χ1n) is 7.95. The van der Waals surface area contributed by atoms with Gasteiger partial charge in [-0.1, -0.05) is 12.1 Å². The van der Waals surface area contributed by atoms with Crippen molar-refractivity contribution in [2.75, 3.05) is 25.0 Å². The second kappa shape index (κ2) is 6.77. The van der Waals surface area contributed by atoms with Crippen LogP contribution in [0.5, 0.6) is 0 Å². The van der Waals surface area contributed by atoms with Crippen LogP contribution in [-0.2, 0) is 11.2 Å². The molecule has 5 heteroatoms. The largest absolute Gasteiger partial charge is 0.369 e. The van der Waals surface area contributed by atoms with Gasteiger partial charge in [0.2, 0.25) is 5.91 Å². The molecule has 1 fully saturated rings. The van der Waals surface area contributed by atoms with Crippen LogP contribution in [0.25, 0.3) is 0 Å². The van der Waals surface area contributed by atoms with Gasteiger partial charge in [0.1, 0.15) is 0 Å². The number of likely N-dealkylation sites (N-methyl/N-ethyl adjacent to an activating group) is 1. The van der Waals surface area contributed by atoms with Crippen LogP contribution in [0.15, 0.2) is 42.9 Å². The van der Waals surface area contributed by atoms with Gasteiger partial charge in [0.25, 0.3) is 0 Å². The first-order chi connectivity index (χ1) is 11.1. The van der Waals surface area contributed by atoms with E-state index in [4.69, 9.17) is 0 Å². The molecule has 1 aromatic heterocycles. The topological polar surface area (TPSA) is 49.3 Å². The number of benzene rings is 1. The van der Waals surface area contributed by atoms with E-state index in [0.717, 1.165) is 25.2 Å². The second-order valence-corrected chi connectivity index (χ2v) is 6.11. The monoisotopic (exact) mass is 310 g/mol. The standard InChI is InChI=1S/C18H22N4O/c1-14-4-3-5-16(10-14)22-9-6-17(13-22)21(2)18(23)11-15-12-19-7-8-20-15/h3-5,7-8,10,12,17H,6,9,11,13H2,1-2H3. The molecule has 1 atom stereocenters. The number of aryl methyl sites for hydroxylation is 1. The SMILES string of the molecule is Cc1cccc(N2CCC(N(C)C(=O)Cc3cnccn3)C2)c1. The van der Waals surface area contributed by atoms with Crippen LogP contribution in [0.1, 0.15) is 17.7 Å². The fourth-order valence-electron chi connectivity index (χ4n) is 3.02. The molecular formula is C18H22N4O. The summed E-state index contributed by atoms with van der Waals surface area (Å²) in [4.78, 5) is 24.8. The number of anilines is 1. The molecule has 3 rings (SSSR count). The number of nitrogens with zero attached hydrogens (tertiary/aromatic N) is 4. The van der Waals surface area contributed by atoms with Gasteiger partial charge in [-0.3, -0.25) is 14.8 Å². The highest BCUT2D eigenvalue weighted by molar-refractivity contribution is 5.78. The molecule has 1 amide bonds. The Morgan fingerprint density at radius 3 is 3.00 bits per heavy atom. The number of hydrogen-bond acceptors (Lipinski definition) is 4. The quantitative estimate of drug-likeness (QED) is 0.867. The van der Waals surface area contributed by atoms with Crippen molar-refractivity contribution >= 4 is 11.6 Å². The number of carbonyl (C=O) groups excluding carboxylic acids is 1. The Kier molecular flexibility index (Phi) is 4.55. The Hall–Kier alpha value is -2.43. The van der Waals surface area contributed by atoms with E-state index in [1.54, 1.807) is 18.6 Å². The Balaban J connectivity index is 1.61. The van der Waals surface area contributed by atoms with Crippen molar-refractivity contribution in [3.8, 4) is 0 Å². The van der Waals surface area contributed by atoms with Crippen molar-refractivity contribution in [2.24, 2.45) is 0 Å². The average molecular weight is 310 g/mol. The average Bonchev–Trinajstić information content (AvgIpc) is 3.05. The zero-order valence-electron chi connectivity index (χ0n) is 13.6. The molecule has 1 saturated heterocycles. The minimum Gasteiger partial charge on any atom is -0.369 e. The fraction of sp³-hybridized carbons (Fsp3) is 0.389. The fourth-order valence-corrected chi connectivity index (χ4v) is 3.02. The molecule has 0 spiro atoms. The third-order valence-electron chi connectivity index (χ3n) is 4.42. The number of rotatable bonds is 4. The van der Waals surface area contributed by atoms with Crippen molar-refractivity contribution < 1.29 is 4.79 Å². The van der Waals surface area contributed by atoms with Gasteiger partial charge in [-0.15, -0.1) is 0 Å². The third-order valence-corrected chi connectivity index (χ3v) is 4.42. The van der Waals surface area contributed by atoms with Crippen LogP contribution >= 0.6 is 0 Å². The van der Waals surface area contributed by atoms with E-state index < -0.39 is 0 Å². The summed E-state index contributed by atoms with van der Waals surface area (Å²) in [5.74, 6) is 0.0987. The Labute approximate surface area is 137 Å². The summed E-state index contributed by atoms with van der Waals surface area (Å²) >= 11 is 0. The number of amides is 1. The molecule has 120 valence electrons. The lowest BCUT2D eigenvalue weighted by molar-refractivity contribution is -0.130. The van der Waals surface area contributed by atoms with E-state index in [1.165, 1.54) is 11.3 Å². The maximum absolute atomic E-state index is 12.4. The molecule has 0 aliphatic carbocycles. The van der Waals surface area contributed by atoms with Gasteiger partial charge in [-0.2, -0.15) is 0 Å². The third kappa shape index (κ3) is 3.67. The summed E-state index contributed by atoms with van der Waals surface area (Å²) < 4.78 is 0. The summed E-state index contributed by atoms with van der Waals surface area (Å²) in [6, 6.07) is 8.77. The van der Waals surface area contributed by atoms with E-state index >= 15 is 0 Å². The Bertz CT molecular complexity index is 674. The molecule has 2 aromatic rings. The van der Waals surface area contributed by atoms with Gasteiger partial charge in [-0.25, -0.2) is 0 Å². The normalized spacial score (nSPS) is 17.3. The summed E-state index contributed by atoms with van der Waals surface area (Å²) in [6.07, 6.45) is 6.20. The molecule has 0 saturated carbocycles. The van der Waals surface area contributed by atoms with Crippen LogP contribution in [0, 0.1) is 6.92 Å². The van der Waals surface area contributed by atoms with Crippen LogP contribution in [0.2, 0.25) is 0 Å². The smallest absolute Gasteiger partial charge is 0.228 e. The molecule has 1 aliphatic heterocycles. The molecule has 1 unspecified atom stereocenters. The molecule has 2 heterocycles. The van der Waals surface area contributed by atoms with Crippen LogP contribution in [0.4, 0.5) is 5.69 Å². The Morgan fingerprint density at radius 2 is 2.26 bits per heavy atom.